The minimum Gasteiger partial charge on any atom is -0.480 e. The van der Waals surface area contributed by atoms with Gasteiger partial charge in [0.25, 0.3) is 5.91 Å². The van der Waals surface area contributed by atoms with Crippen molar-refractivity contribution >= 4 is 11.9 Å². The zero-order valence-electron chi connectivity index (χ0n) is 12.3. The van der Waals surface area contributed by atoms with Crippen molar-refractivity contribution in [3.05, 3.63) is 53.3 Å². The molecule has 1 aliphatic rings. The summed E-state index contributed by atoms with van der Waals surface area (Å²) >= 11 is 0. The summed E-state index contributed by atoms with van der Waals surface area (Å²) in [7, 11) is 0. The molecule has 0 saturated heterocycles. The highest BCUT2D eigenvalue weighted by atomic mass is 16.4. The molecule has 1 aromatic heterocycles. The number of carboxylic acid groups (broad SMARTS) is 1. The van der Waals surface area contributed by atoms with E-state index in [1.165, 1.54) is 11.1 Å². The summed E-state index contributed by atoms with van der Waals surface area (Å²) in [6.07, 6.45) is 3.48. The standard InChI is InChI=1S/C16H17N3O3/c1-2-18-9-13(8-17-18)15(20)19-10-12-6-4-3-5-11(12)7-14(19)16(21)22/h3-6,8-9,14H,2,7,10H2,1H3,(H,21,22)/t14-/m1/s1. The van der Waals surface area contributed by atoms with Crippen LogP contribution in [0.15, 0.2) is 36.7 Å². The van der Waals surface area contributed by atoms with Gasteiger partial charge in [-0.05, 0) is 18.1 Å². The van der Waals surface area contributed by atoms with E-state index in [4.69, 9.17) is 0 Å². The summed E-state index contributed by atoms with van der Waals surface area (Å²) in [6.45, 7) is 2.90. The quantitative estimate of drug-likeness (QED) is 0.933. The van der Waals surface area contributed by atoms with E-state index in [1.807, 2.05) is 31.2 Å². The molecule has 0 spiro atoms. The summed E-state index contributed by atoms with van der Waals surface area (Å²) in [5.74, 6) is -1.27. The molecule has 2 aromatic rings. The van der Waals surface area contributed by atoms with Gasteiger partial charge >= 0.3 is 5.97 Å². The second-order valence-corrected chi connectivity index (χ2v) is 5.34. The average molecular weight is 299 g/mol. The van der Waals surface area contributed by atoms with E-state index >= 15 is 0 Å². The maximum Gasteiger partial charge on any atom is 0.326 e. The Bertz CT molecular complexity index is 723. The molecule has 22 heavy (non-hydrogen) atoms. The average Bonchev–Trinajstić information content (AvgIpc) is 3.02. The Labute approximate surface area is 128 Å². The predicted octanol–water partition coefficient (Wildman–Crippen LogP) is 1.55. The van der Waals surface area contributed by atoms with Gasteiger partial charge in [0, 0.05) is 25.7 Å². The van der Waals surface area contributed by atoms with Crippen molar-refractivity contribution in [2.75, 3.05) is 0 Å². The molecule has 2 heterocycles. The van der Waals surface area contributed by atoms with Gasteiger partial charge in [-0.15, -0.1) is 0 Å². The number of hydrogen-bond donors (Lipinski definition) is 1. The first-order valence-electron chi connectivity index (χ1n) is 7.23. The van der Waals surface area contributed by atoms with Crippen molar-refractivity contribution in [1.82, 2.24) is 14.7 Å². The second-order valence-electron chi connectivity index (χ2n) is 5.34. The summed E-state index contributed by atoms with van der Waals surface area (Å²) < 4.78 is 1.65. The van der Waals surface area contributed by atoms with Crippen LogP contribution in [0.1, 0.15) is 28.4 Å². The third kappa shape index (κ3) is 2.47. The van der Waals surface area contributed by atoms with Crippen molar-refractivity contribution < 1.29 is 14.7 Å². The number of aromatic nitrogens is 2. The molecule has 0 fully saturated rings. The molecule has 0 radical (unpaired) electrons. The van der Waals surface area contributed by atoms with Crippen LogP contribution >= 0.6 is 0 Å². The summed E-state index contributed by atoms with van der Waals surface area (Å²) in [6, 6.07) is 6.80. The monoisotopic (exact) mass is 299 g/mol. The molecule has 3 rings (SSSR count). The van der Waals surface area contributed by atoms with Gasteiger partial charge in [0.1, 0.15) is 6.04 Å². The SMILES string of the molecule is CCn1cc(C(=O)N2Cc3ccccc3C[C@@H]2C(=O)O)cn1. The zero-order valence-corrected chi connectivity index (χ0v) is 12.3. The van der Waals surface area contributed by atoms with E-state index in [-0.39, 0.29) is 5.91 Å². The van der Waals surface area contributed by atoms with Gasteiger partial charge < -0.3 is 10.0 Å². The van der Waals surface area contributed by atoms with Crippen LogP contribution in [0.5, 0.6) is 0 Å². The molecular weight excluding hydrogens is 282 g/mol. The van der Waals surface area contributed by atoms with Crippen LogP contribution in [-0.2, 0) is 24.3 Å². The van der Waals surface area contributed by atoms with Crippen LogP contribution in [0.2, 0.25) is 0 Å². The van der Waals surface area contributed by atoms with E-state index in [9.17, 15) is 14.7 Å². The minimum atomic E-state index is -0.981. The largest absolute Gasteiger partial charge is 0.480 e. The number of carbonyl (C=O) groups excluding carboxylic acids is 1. The number of benzene rings is 1. The number of hydrogen-bond acceptors (Lipinski definition) is 3. The highest BCUT2D eigenvalue weighted by molar-refractivity contribution is 5.96. The molecule has 0 aliphatic carbocycles. The van der Waals surface area contributed by atoms with Crippen molar-refractivity contribution in [2.45, 2.75) is 32.5 Å². The third-order valence-corrected chi connectivity index (χ3v) is 4.00. The van der Waals surface area contributed by atoms with Crippen LogP contribution in [-0.4, -0.2) is 37.7 Å². The molecule has 0 bridgehead atoms. The molecule has 1 amide bonds. The van der Waals surface area contributed by atoms with Gasteiger partial charge in [-0.25, -0.2) is 4.79 Å². The van der Waals surface area contributed by atoms with Gasteiger partial charge in [0.15, 0.2) is 0 Å². The first-order valence-corrected chi connectivity index (χ1v) is 7.23. The Morgan fingerprint density at radius 1 is 1.32 bits per heavy atom. The van der Waals surface area contributed by atoms with E-state index in [0.717, 1.165) is 11.1 Å². The fourth-order valence-electron chi connectivity index (χ4n) is 2.77. The number of nitrogens with zero attached hydrogens (tertiary/aromatic N) is 3. The maximum atomic E-state index is 12.7. The zero-order chi connectivity index (χ0) is 15.7. The molecule has 1 N–H and O–H groups in total. The Balaban J connectivity index is 1.93. The number of fused-ring (bicyclic) bond motifs is 1. The van der Waals surface area contributed by atoms with Crippen molar-refractivity contribution in [1.29, 1.82) is 0 Å². The fourth-order valence-corrected chi connectivity index (χ4v) is 2.77. The van der Waals surface area contributed by atoms with Crippen LogP contribution in [0.4, 0.5) is 0 Å². The lowest BCUT2D eigenvalue weighted by atomic mass is 9.93. The lowest BCUT2D eigenvalue weighted by Gasteiger charge is -2.34. The van der Waals surface area contributed by atoms with Gasteiger partial charge in [0.2, 0.25) is 0 Å². The Morgan fingerprint density at radius 2 is 2.05 bits per heavy atom. The summed E-state index contributed by atoms with van der Waals surface area (Å²) in [4.78, 5) is 25.6. The highest BCUT2D eigenvalue weighted by Crippen LogP contribution is 2.25. The molecule has 1 atom stereocenters. The summed E-state index contributed by atoms with van der Waals surface area (Å²) in [5.41, 5.74) is 2.41. The van der Waals surface area contributed by atoms with Crippen molar-refractivity contribution in [3.63, 3.8) is 0 Å². The van der Waals surface area contributed by atoms with Crippen LogP contribution in [0.3, 0.4) is 0 Å². The third-order valence-electron chi connectivity index (χ3n) is 4.00. The molecule has 6 heteroatoms. The van der Waals surface area contributed by atoms with Gasteiger partial charge in [0.05, 0.1) is 11.8 Å². The van der Waals surface area contributed by atoms with Crippen LogP contribution in [0, 0.1) is 0 Å². The van der Waals surface area contributed by atoms with E-state index in [2.05, 4.69) is 5.10 Å². The highest BCUT2D eigenvalue weighted by Gasteiger charge is 2.35. The lowest BCUT2D eigenvalue weighted by Crippen LogP contribution is -2.48. The molecular formula is C16H17N3O3. The second kappa shape index (κ2) is 5.63. The smallest absolute Gasteiger partial charge is 0.326 e. The fraction of sp³-hybridized carbons (Fsp3) is 0.312. The number of aryl methyl sites for hydroxylation is 1. The molecule has 6 nitrogen and oxygen atoms in total. The molecule has 1 aliphatic heterocycles. The van der Waals surface area contributed by atoms with E-state index in [1.54, 1.807) is 10.9 Å². The number of carbonyl (C=O) groups is 2. The lowest BCUT2D eigenvalue weighted by molar-refractivity contribution is -0.142. The minimum absolute atomic E-state index is 0.290. The molecule has 114 valence electrons. The molecule has 0 unspecified atom stereocenters. The maximum absolute atomic E-state index is 12.7. The number of aliphatic carboxylic acids is 1. The van der Waals surface area contributed by atoms with E-state index < -0.39 is 12.0 Å². The molecule has 0 saturated carbocycles. The molecule has 1 aromatic carbocycles. The summed E-state index contributed by atoms with van der Waals surface area (Å²) in [5, 5.41) is 13.6. The van der Waals surface area contributed by atoms with Crippen molar-refractivity contribution in [2.24, 2.45) is 0 Å². The van der Waals surface area contributed by atoms with Crippen LogP contribution < -0.4 is 0 Å². The Kier molecular flexibility index (Phi) is 3.66. The topological polar surface area (TPSA) is 75.4 Å². The number of rotatable bonds is 3. The van der Waals surface area contributed by atoms with E-state index in [0.29, 0.717) is 25.1 Å². The van der Waals surface area contributed by atoms with Gasteiger partial charge in [-0.2, -0.15) is 5.10 Å². The Morgan fingerprint density at radius 3 is 2.68 bits per heavy atom. The number of amides is 1. The first-order chi connectivity index (χ1) is 10.6. The van der Waals surface area contributed by atoms with Gasteiger partial charge in [-0.3, -0.25) is 9.48 Å². The first kappa shape index (κ1) is 14.3. The van der Waals surface area contributed by atoms with Crippen molar-refractivity contribution in [3.8, 4) is 0 Å². The number of carboxylic acids is 1. The normalized spacial score (nSPS) is 17.1. The Hall–Kier alpha value is -2.63. The van der Waals surface area contributed by atoms with Crippen LogP contribution in [0.25, 0.3) is 0 Å². The predicted molar refractivity (Wildman–Crippen MR) is 79.3 cm³/mol. The van der Waals surface area contributed by atoms with Gasteiger partial charge in [-0.1, -0.05) is 24.3 Å².